The van der Waals surface area contributed by atoms with Gasteiger partial charge in [-0.1, -0.05) is 0 Å². The van der Waals surface area contributed by atoms with Crippen LogP contribution in [-0.4, -0.2) is 60.5 Å². The SMILES string of the molecule is Cl.O[C@]1(CN2CCOCC2)C[C@H]2CC[C@@H](C1)N2. The Morgan fingerprint density at radius 1 is 1.18 bits per heavy atom. The molecule has 3 saturated heterocycles. The molecule has 0 aromatic heterocycles. The van der Waals surface area contributed by atoms with E-state index in [4.69, 9.17) is 4.74 Å². The average molecular weight is 263 g/mol. The summed E-state index contributed by atoms with van der Waals surface area (Å²) in [6.45, 7) is 4.43. The second-order valence-corrected chi connectivity index (χ2v) is 5.66. The van der Waals surface area contributed by atoms with Gasteiger partial charge in [0, 0.05) is 31.7 Å². The van der Waals surface area contributed by atoms with E-state index < -0.39 is 5.60 Å². The van der Waals surface area contributed by atoms with E-state index in [2.05, 4.69) is 10.2 Å². The van der Waals surface area contributed by atoms with E-state index in [1.807, 2.05) is 0 Å². The van der Waals surface area contributed by atoms with Gasteiger partial charge in [0.2, 0.25) is 0 Å². The molecule has 3 rings (SSSR count). The van der Waals surface area contributed by atoms with Crippen LogP contribution in [0, 0.1) is 0 Å². The highest BCUT2D eigenvalue weighted by Crippen LogP contribution is 2.34. The molecule has 5 heteroatoms. The summed E-state index contributed by atoms with van der Waals surface area (Å²) in [4.78, 5) is 2.36. The van der Waals surface area contributed by atoms with E-state index in [0.717, 1.165) is 45.7 Å². The fraction of sp³-hybridized carbons (Fsp3) is 1.00. The third-order valence-corrected chi connectivity index (χ3v) is 4.21. The largest absolute Gasteiger partial charge is 0.388 e. The number of β-amino-alcohol motifs (C(OH)–C–C–N with tert-alkyl or cyclic N) is 1. The molecule has 0 saturated carbocycles. The van der Waals surface area contributed by atoms with Gasteiger partial charge in [0.1, 0.15) is 0 Å². The van der Waals surface area contributed by atoms with E-state index in [9.17, 15) is 5.11 Å². The van der Waals surface area contributed by atoms with Crippen molar-refractivity contribution in [3.63, 3.8) is 0 Å². The number of nitrogens with one attached hydrogen (secondary N) is 1. The normalized spacial score (nSPS) is 42.2. The fourth-order valence-corrected chi connectivity index (χ4v) is 3.53. The minimum atomic E-state index is -0.450. The maximum absolute atomic E-state index is 10.7. The van der Waals surface area contributed by atoms with Gasteiger partial charge in [0.05, 0.1) is 18.8 Å². The first kappa shape index (κ1) is 13.6. The number of hydrogen-bond donors (Lipinski definition) is 2. The van der Waals surface area contributed by atoms with Crippen LogP contribution in [0.5, 0.6) is 0 Å². The first-order valence-electron chi connectivity index (χ1n) is 6.52. The molecule has 3 atom stereocenters. The molecule has 0 aromatic rings. The van der Waals surface area contributed by atoms with Gasteiger partial charge < -0.3 is 15.2 Å². The van der Waals surface area contributed by atoms with Crippen molar-refractivity contribution in [2.75, 3.05) is 32.8 Å². The summed E-state index contributed by atoms with van der Waals surface area (Å²) in [5, 5.41) is 14.3. The highest BCUT2D eigenvalue weighted by molar-refractivity contribution is 5.85. The summed E-state index contributed by atoms with van der Waals surface area (Å²) in [5.41, 5.74) is -0.450. The molecule has 0 spiro atoms. The minimum Gasteiger partial charge on any atom is -0.388 e. The van der Waals surface area contributed by atoms with Crippen LogP contribution in [0.4, 0.5) is 0 Å². The van der Waals surface area contributed by atoms with Crippen LogP contribution in [0.2, 0.25) is 0 Å². The Hall–Kier alpha value is 0.130. The Morgan fingerprint density at radius 2 is 1.76 bits per heavy atom. The van der Waals surface area contributed by atoms with Crippen molar-refractivity contribution in [2.45, 2.75) is 43.4 Å². The lowest BCUT2D eigenvalue weighted by Crippen LogP contribution is -2.55. The molecule has 0 unspecified atom stereocenters. The molecule has 0 amide bonds. The number of aliphatic hydroxyl groups is 1. The van der Waals surface area contributed by atoms with Crippen LogP contribution >= 0.6 is 12.4 Å². The van der Waals surface area contributed by atoms with Crippen LogP contribution in [0.1, 0.15) is 25.7 Å². The summed E-state index contributed by atoms with van der Waals surface area (Å²) in [6.07, 6.45) is 4.36. The van der Waals surface area contributed by atoms with Crippen LogP contribution < -0.4 is 5.32 Å². The highest BCUT2D eigenvalue weighted by atomic mass is 35.5. The number of fused-ring (bicyclic) bond motifs is 2. The average Bonchev–Trinajstić information content (AvgIpc) is 2.59. The van der Waals surface area contributed by atoms with E-state index >= 15 is 0 Å². The van der Waals surface area contributed by atoms with Crippen LogP contribution in [0.15, 0.2) is 0 Å². The molecule has 2 bridgehead atoms. The molecule has 3 fully saturated rings. The van der Waals surface area contributed by atoms with Crippen LogP contribution in [0.25, 0.3) is 0 Å². The molecule has 0 radical (unpaired) electrons. The second kappa shape index (κ2) is 5.41. The first-order chi connectivity index (χ1) is 7.73. The summed E-state index contributed by atoms with van der Waals surface area (Å²) >= 11 is 0. The monoisotopic (exact) mass is 262 g/mol. The van der Waals surface area contributed by atoms with Gasteiger partial charge >= 0.3 is 0 Å². The number of piperidine rings is 1. The summed E-state index contributed by atoms with van der Waals surface area (Å²) < 4.78 is 5.34. The predicted molar refractivity (Wildman–Crippen MR) is 68.6 cm³/mol. The minimum absolute atomic E-state index is 0. The number of nitrogens with zero attached hydrogens (tertiary/aromatic N) is 1. The molecule has 4 nitrogen and oxygen atoms in total. The highest BCUT2D eigenvalue weighted by Gasteiger charge is 2.43. The Morgan fingerprint density at radius 3 is 2.35 bits per heavy atom. The molecule has 0 aromatic carbocycles. The van der Waals surface area contributed by atoms with Gasteiger partial charge in [-0.15, -0.1) is 12.4 Å². The number of morpholine rings is 1. The molecular weight excluding hydrogens is 240 g/mol. The Labute approximate surface area is 109 Å². The number of hydrogen-bond acceptors (Lipinski definition) is 4. The Balaban J connectivity index is 0.00000108. The topological polar surface area (TPSA) is 44.7 Å². The van der Waals surface area contributed by atoms with Gasteiger partial charge in [-0.3, -0.25) is 4.90 Å². The smallest absolute Gasteiger partial charge is 0.0803 e. The predicted octanol–water partition coefficient (Wildman–Crippen LogP) is 0.386. The Bertz CT molecular complexity index is 247. The van der Waals surface area contributed by atoms with Gasteiger partial charge in [-0.25, -0.2) is 0 Å². The maximum atomic E-state index is 10.7. The fourth-order valence-electron chi connectivity index (χ4n) is 3.53. The van der Waals surface area contributed by atoms with Gasteiger partial charge in [0.25, 0.3) is 0 Å². The third kappa shape index (κ3) is 3.12. The standard InChI is InChI=1S/C12H22N2O2.ClH/c15-12(9-14-3-5-16-6-4-14)7-10-1-2-11(8-12)13-10;/h10-11,13,15H,1-9H2;1H/t10-,11+,12-;. The van der Waals surface area contributed by atoms with E-state index in [0.29, 0.717) is 12.1 Å². The van der Waals surface area contributed by atoms with Crippen LogP contribution in [-0.2, 0) is 4.74 Å². The van der Waals surface area contributed by atoms with E-state index in [1.54, 1.807) is 0 Å². The Kier molecular flexibility index (Phi) is 4.31. The zero-order valence-electron chi connectivity index (χ0n) is 10.2. The number of rotatable bonds is 2. The lowest BCUT2D eigenvalue weighted by molar-refractivity contribution is -0.0565. The number of ether oxygens (including phenoxy) is 1. The molecule has 3 aliphatic rings. The van der Waals surface area contributed by atoms with Gasteiger partial charge in [-0.05, 0) is 25.7 Å². The molecular formula is C12H23ClN2O2. The summed E-state index contributed by atoms with van der Waals surface area (Å²) in [6, 6.07) is 1.12. The van der Waals surface area contributed by atoms with Crippen molar-refractivity contribution in [2.24, 2.45) is 0 Å². The zero-order valence-corrected chi connectivity index (χ0v) is 11.0. The van der Waals surface area contributed by atoms with Crippen molar-refractivity contribution >= 4 is 12.4 Å². The van der Waals surface area contributed by atoms with Crippen molar-refractivity contribution in [3.05, 3.63) is 0 Å². The molecule has 3 heterocycles. The third-order valence-electron chi connectivity index (χ3n) is 4.21. The molecule has 100 valence electrons. The van der Waals surface area contributed by atoms with Crippen molar-refractivity contribution in [1.29, 1.82) is 0 Å². The maximum Gasteiger partial charge on any atom is 0.0803 e. The lowest BCUT2D eigenvalue weighted by atomic mass is 9.87. The van der Waals surface area contributed by atoms with Crippen molar-refractivity contribution < 1.29 is 9.84 Å². The summed E-state index contributed by atoms with van der Waals surface area (Å²) in [7, 11) is 0. The van der Waals surface area contributed by atoms with E-state index in [-0.39, 0.29) is 12.4 Å². The van der Waals surface area contributed by atoms with Crippen molar-refractivity contribution in [3.8, 4) is 0 Å². The molecule has 0 aliphatic carbocycles. The molecule has 17 heavy (non-hydrogen) atoms. The quantitative estimate of drug-likeness (QED) is 0.756. The molecule has 3 aliphatic heterocycles. The van der Waals surface area contributed by atoms with Gasteiger partial charge in [-0.2, -0.15) is 0 Å². The van der Waals surface area contributed by atoms with Gasteiger partial charge in [0.15, 0.2) is 0 Å². The number of halogens is 1. The zero-order chi connectivity index (χ0) is 11.0. The molecule has 2 N–H and O–H groups in total. The second-order valence-electron chi connectivity index (χ2n) is 5.66. The van der Waals surface area contributed by atoms with Crippen LogP contribution in [0.3, 0.4) is 0 Å². The van der Waals surface area contributed by atoms with Crippen molar-refractivity contribution in [1.82, 2.24) is 10.2 Å². The lowest BCUT2D eigenvalue weighted by Gasteiger charge is -2.41. The summed E-state index contributed by atoms with van der Waals surface area (Å²) in [5.74, 6) is 0. The first-order valence-corrected chi connectivity index (χ1v) is 6.52. The van der Waals surface area contributed by atoms with E-state index in [1.165, 1.54) is 12.8 Å².